The fourth-order valence-electron chi connectivity index (χ4n) is 1.76. The quantitative estimate of drug-likeness (QED) is 0.336. The van der Waals surface area contributed by atoms with Gasteiger partial charge in [0.05, 0.1) is 6.54 Å². The fourth-order valence-corrected chi connectivity index (χ4v) is 3.38. The molecular formula is C15H32IN3OS. The van der Waals surface area contributed by atoms with E-state index in [4.69, 9.17) is 0 Å². The van der Waals surface area contributed by atoms with Crippen LogP contribution < -0.4 is 10.7 Å². The number of hydrogen-bond donors (Lipinski definition) is 2. The highest BCUT2D eigenvalue weighted by Crippen LogP contribution is 2.26. The maximum Gasteiger partial charge on any atom is 0.237 e. The summed E-state index contributed by atoms with van der Waals surface area (Å²) < 4.78 is 0.0630. The van der Waals surface area contributed by atoms with Crippen LogP contribution >= 0.6 is 34.4 Å². The van der Waals surface area contributed by atoms with Gasteiger partial charge in [0.1, 0.15) is 0 Å². The standard InChI is InChI=1S/C15H32IN3OS/c1-14(2,3)11-21-12(9-17-6)8-13(20)19(18-7)10-15(4,5)16/h12,17-18H,8-11H2,1-7H3. The van der Waals surface area contributed by atoms with Gasteiger partial charge in [-0.25, -0.2) is 5.43 Å². The summed E-state index contributed by atoms with van der Waals surface area (Å²) in [6.45, 7) is 12.5. The molecule has 126 valence electrons. The van der Waals surface area contributed by atoms with Crippen LogP contribution in [0.25, 0.3) is 0 Å². The summed E-state index contributed by atoms with van der Waals surface area (Å²) in [5.74, 6) is 1.23. The van der Waals surface area contributed by atoms with Crippen LogP contribution in [0.5, 0.6) is 0 Å². The molecule has 2 N–H and O–H groups in total. The molecule has 0 heterocycles. The molecule has 4 nitrogen and oxygen atoms in total. The van der Waals surface area contributed by atoms with Gasteiger partial charge in [0.25, 0.3) is 0 Å². The van der Waals surface area contributed by atoms with Crippen LogP contribution in [0.15, 0.2) is 0 Å². The number of hydrazine groups is 1. The molecule has 0 aliphatic carbocycles. The summed E-state index contributed by atoms with van der Waals surface area (Å²) in [6.07, 6.45) is 0.565. The molecule has 0 saturated heterocycles. The van der Waals surface area contributed by atoms with Crippen LogP contribution in [0.4, 0.5) is 0 Å². The maximum absolute atomic E-state index is 12.5. The molecule has 0 saturated carbocycles. The van der Waals surface area contributed by atoms with Crippen molar-refractivity contribution < 1.29 is 4.79 Å². The first-order chi connectivity index (χ1) is 9.48. The van der Waals surface area contributed by atoms with Crippen LogP contribution in [-0.2, 0) is 4.79 Å². The molecule has 0 aromatic rings. The Balaban J connectivity index is 4.56. The number of carbonyl (C=O) groups excluding carboxylic acids is 1. The number of carbonyl (C=O) groups is 1. The van der Waals surface area contributed by atoms with Crippen LogP contribution in [0.3, 0.4) is 0 Å². The van der Waals surface area contributed by atoms with Crippen LogP contribution in [0, 0.1) is 5.41 Å². The van der Waals surface area contributed by atoms with E-state index < -0.39 is 0 Å². The Hall–Kier alpha value is 0.470. The van der Waals surface area contributed by atoms with E-state index >= 15 is 0 Å². The zero-order valence-electron chi connectivity index (χ0n) is 14.5. The Labute approximate surface area is 148 Å². The molecule has 0 aliphatic rings. The molecule has 0 bridgehead atoms. The van der Waals surface area contributed by atoms with E-state index in [1.54, 1.807) is 5.01 Å². The molecule has 0 aliphatic heterocycles. The molecule has 6 heteroatoms. The van der Waals surface area contributed by atoms with E-state index in [1.165, 1.54) is 0 Å². The van der Waals surface area contributed by atoms with E-state index in [0.29, 0.717) is 18.2 Å². The van der Waals surface area contributed by atoms with E-state index in [1.807, 2.05) is 25.9 Å². The van der Waals surface area contributed by atoms with Crippen molar-refractivity contribution in [2.24, 2.45) is 5.41 Å². The largest absolute Gasteiger partial charge is 0.319 e. The molecule has 0 spiro atoms. The first kappa shape index (κ1) is 21.5. The van der Waals surface area contributed by atoms with Crippen LogP contribution in [-0.4, -0.2) is 52.5 Å². The number of alkyl halides is 1. The molecular weight excluding hydrogens is 397 g/mol. The second kappa shape index (κ2) is 9.57. The molecule has 1 unspecified atom stereocenters. The minimum atomic E-state index is 0.0630. The smallest absolute Gasteiger partial charge is 0.237 e. The number of amides is 1. The Morgan fingerprint density at radius 1 is 1.24 bits per heavy atom. The predicted octanol–water partition coefficient (Wildman–Crippen LogP) is 2.92. The third-order valence-corrected chi connectivity index (χ3v) is 4.87. The van der Waals surface area contributed by atoms with Crippen molar-refractivity contribution >= 4 is 40.3 Å². The molecule has 0 fully saturated rings. The average molecular weight is 429 g/mol. The SMILES string of the molecule is CNCC(CC(=O)N(CC(C)(C)I)NC)SCC(C)(C)C. The average Bonchev–Trinajstić information content (AvgIpc) is 2.31. The van der Waals surface area contributed by atoms with Gasteiger partial charge in [-0.1, -0.05) is 43.4 Å². The number of hydrogen-bond acceptors (Lipinski definition) is 4. The van der Waals surface area contributed by atoms with Gasteiger partial charge in [-0.05, 0) is 32.1 Å². The zero-order chi connectivity index (χ0) is 16.7. The first-order valence-corrected chi connectivity index (χ1v) is 9.54. The van der Waals surface area contributed by atoms with Gasteiger partial charge < -0.3 is 5.32 Å². The number of nitrogens with zero attached hydrogens (tertiary/aromatic N) is 1. The van der Waals surface area contributed by atoms with Gasteiger partial charge in [-0.15, -0.1) is 0 Å². The van der Waals surface area contributed by atoms with Crippen molar-refractivity contribution in [1.82, 2.24) is 15.8 Å². The number of rotatable bonds is 9. The predicted molar refractivity (Wildman–Crippen MR) is 103 cm³/mol. The highest BCUT2D eigenvalue weighted by molar-refractivity contribution is 14.1. The highest BCUT2D eigenvalue weighted by atomic mass is 127. The van der Waals surface area contributed by atoms with Gasteiger partial charge in [-0.2, -0.15) is 11.8 Å². The van der Waals surface area contributed by atoms with Crippen molar-refractivity contribution in [3.05, 3.63) is 0 Å². The number of thioether (sulfide) groups is 1. The lowest BCUT2D eigenvalue weighted by atomic mass is 10.0. The Kier molecular flexibility index (Phi) is 9.79. The third-order valence-electron chi connectivity index (χ3n) is 2.69. The molecule has 0 aromatic carbocycles. The summed E-state index contributed by atoms with van der Waals surface area (Å²) in [5, 5.41) is 5.26. The van der Waals surface area contributed by atoms with Crippen molar-refractivity contribution in [3.8, 4) is 0 Å². The summed E-state index contributed by atoms with van der Waals surface area (Å²) in [4.78, 5) is 12.5. The first-order valence-electron chi connectivity index (χ1n) is 7.41. The van der Waals surface area contributed by atoms with E-state index in [-0.39, 0.29) is 14.7 Å². The minimum absolute atomic E-state index is 0.0630. The molecule has 0 aromatic heterocycles. The lowest BCUT2D eigenvalue weighted by Crippen LogP contribution is -2.47. The van der Waals surface area contributed by atoms with Gasteiger partial charge in [0.2, 0.25) is 5.91 Å². The number of nitrogens with one attached hydrogen (secondary N) is 2. The monoisotopic (exact) mass is 429 g/mol. The van der Waals surface area contributed by atoms with Gasteiger partial charge in [0, 0.05) is 28.7 Å². The Morgan fingerprint density at radius 3 is 2.19 bits per heavy atom. The van der Waals surface area contributed by atoms with Gasteiger partial charge in [0.15, 0.2) is 0 Å². The van der Waals surface area contributed by atoms with E-state index in [0.717, 1.165) is 12.3 Å². The third kappa shape index (κ3) is 11.7. The van der Waals surface area contributed by atoms with Crippen molar-refractivity contribution in [3.63, 3.8) is 0 Å². The van der Waals surface area contributed by atoms with E-state index in [2.05, 4.69) is 68.0 Å². The summed E-state index contributed by atoms with van der Waals surface area (Å²) >= 11 is 4.26. The zero-order valence-corrected chi connectivity index (χ0v) is 17.5. The van der Waals surface area contributed by atoms with Crippen molar-refractivity contribution in [2.75, 3.05) is 32.9 Å². The molecule has 0 rings (SSSR count). The molecule has 1 amide bonds. The maximum atomic E-state index is 12.5. The second-order valence-electron chi connectivity index (χ2n) is 7.18. The van der Waals surface area contributed by atoms with Crippen molar-refractivity contribution in [2.45, 2.75) is 49.7 Å². The van der Waals surface area contributed by atoms with Crippen molar-refractivity contribution in [1.29, 1.82) is 0 Å². The van der Waals surface area contributed by atoms with Gasteiger partial charge in [-0.3, -0.25) is 9.80 Å². The van der Waals surface area contributed by atoms with E-state index in [9.17, 15) is 4.79 Å². The second-order valence-corrected chi connectivity index (χ2v) is 11.4. The normalized spacial score (nSPS) is 14.1. The lowest BCUT2D eigenvalue weighted by molar-refractivity contribution is -0.134. The topological polar surface area (TPSA) is 44.4 Å². The van der Waals surface area contributed by atoms with Crippen LogP contribution in [0.1, 0.15) is 41.0 Å². The van der Waals surface area contributed by atoms with Gasteiger partial charge >= 0.3 is 0 Å². The molecule has 21 heavy (non-hydrogen) atoms. The lowest BCUT2D eigenvalue weighted by Gasteiger charge is -2.30. The number of halogens is 1. The minimum Gasteiger partial charge on any atom is -0.319 e. The highest BCUT2D eigenvalue weighted by Gasteiger charge is 2.24. The summed E-state index contributed by atoms with van der Waals surface area (Å²) in [5.41, 5.74) is 3.31. The molecule has 1 atom stereocenters. The summed E-state index contributed by atoms with van der Waals surface area (Å²) in [7, 11) is 3.76. The summed E-state index contributed by atoms with van der Waals surface area (Å²) in [6, 6.07) is 0. The fraction of sp³-hybridized carbons (Fsp3) is 0.933. The Bertz CT molecular complexity index is 313. The molecule has 0 radical (unpaired) electrons. The Morgan fingerprint density at radius 2 is 1.81 bits per heavy atom. The van der Waals surface area contributed by atoms with Crippen LogP contribution in [0.2, 0.25) is 0 Å².